The monoisotopic (exact) mass is 242 g/mol. The molecule has 17 heavy (non-hydrogen) atoms. The summed E-state index contributed by atoms with van der Waals surface area (Å²) in [5, 5.41) is 8.74. The molecule has 1 unspecified atom stereocenters. The molecule has 0 aliphatic heterocycles. The van der Waals surface area contributed by atoms with Crippen molar-refractivity contribution < 1.29 is 14.3 Å². The molecule has 0 saturated heterocycles. The minimum absolute atomic E-state index is 0.160. The Morgan fingerprint density at radius 3 is 2.06 bits per heavy atom. The summed E-state index contributed by atoms with van der Waals surface area (Å²) in [6.07, 6.45) is 0. The number of hydrogen-bond acceptors (Lipinski definition) is 4. The molecule has 0 aromatic carbocycles. The Balaban J connectivity index is 4.18. The van der Waals surface area contributed by atoms with E-state index < -0.39 is 5.92 Å². The predicted octanol–water partition coefficient (Wildman–Crippen LogP) is 1.05. The normalized spacial score (nSPS) is 11.9. The first-order valence-corrected chi connectivity index (χ1v) is 6.01. The number of nitriles is 1. The molecule has 0 aliphatic rings. The van der Waals surface area contributed by atoms with Crippen LogP contribution in [0.1, 0.15) is 20.8 Å². The maximum atomic E-state index is 11.9. The number of carbonyl (C=O) groups excluding carboxylic acids is 1. The number of nitrogens with zero attached hydrogens (tertiary/aromatic N) is 2. The molecule has 98 valence electrons. The number of rotatable bonds is 9. The maximum absolute atomic E-state index is 11.9. The molecule has 0 aromatic rings. The SMILES string of the molecule is CCOCCN(CCOCC)C(=O)C(C)C#N. The third kappa shape index (κ3) is 6.93. The van der Waals surface area contributed by atoms with Gasteiger partial charge in [0.2, 0.25) is 5.91 Å². The lowest BCUT2D eigenvalue weighted by Crippen LogP contribution is -2.39. The minimum Gasteiger partial charge on any atom is -0.380 e. The van der Waals surface area contributed by atoms with Crippen molar-refractivity contribution in [2.75, 3.05) is 39.5 Å². The summed E-state index contributed by atoms with van der Waals surface area (Å²) in [5.74, 6) is -0.773. The minimum atomic E-state index is -0.613. The molecule has 0 N–H and O–H groups in total. The Labute approximate surface area is 103 Å². The quantitative estimate of drug-likeness (QED) is 0.567. The molecule has 5 heteroatoms. The fourth-order valence-corrected chi connectivity index (χ4v) is 1.30. The number of ether oxygens (including phenoxy) is 2. The lowest BCUT2D eigenvalue weighted by molar-refractivity contribution is -0.134. The highest BCUT2D eigenvalue weighted by Gasteiger charge is 2.19. The van der Waals surface area contributed by atoms with Gasteiger partial charge in [-0.15, -0.1) is 0 Å². The van der Waals surface area contributed by atoms with Gasteiger partial charge in [0.1, 0.15) is 5.92 Å². The van der Waals surface area contributed by atoms with Gasteiger partial charge in [-0.3, -0.25) is 4.79 Å². The van der Waals surface area contributed by atoms with Crippen molar-refractivity contribution in [1.82, 2.24) is 4.90 Å². The third-order valence-electron chi connectivity index (χ3n) is 2.30. The van der Waals surface area contributed by atoms with E-state index in [-0.39, 0.29) is 5.91 Å². The van der Waals surface area contributed by atoms with E-state index in [4.69, 9.17) is 14.7 Å². The van der Waals surface area contributed by atoms with Crippen molar-refractivity contribution in [2.24, 2.45) is 5.92 Å². The van der Waals surface area contributed by atoms with Crippen LogP contribution >= 0.6 is 0 Å². The number of amides is 1. The molecule has 0 radical (unpaired) electrons. The van der Waals surface area contributed by atoms with E-state index in [0.717, 1.165) is 0 Å². The molecule has 0 rings (SSSR count). The number of hydrogen-bond donors (Lipinski definition) is 0. The van der Waals surface area contributed by atoms with Gasteiger partial charge in [0, 0.05) is 26.3 Å². The molecule has 0 fully saturated rings. The van der Waals surface area contributed by atoms with E-state index in [1.807, 2.05) is 19.9 Å². The highest BCUT2D eigenvalue weighted by atomic mass is 16.5. The molecular formula is C12H22N2O3. The molecule has 1 amide bonds. The van der Waals surface area contributed by atoms with Crippen LogP contribution in [0.5, 0.6) is 0 Å². The Morgan fingerprint density at radius 1 is 1.24 bits per heavy atom. The van der Waals surface area contributed by atoms with Crippen LogP contribution in [0, 0.1) is 17.2 Å². The Morgan fingerprint density at radius 2 is 1.71 bits per heavy atom. The lowest BCUT2D eigenvalue weighted by Gasteiger charge is -2.23. The number of carbonyl (C=O) groups is 1. The van der Waals surface area contributed by atoms with Gasteiger partial charge in [-0.1, -0.05) is 0 Å². The molecule has 0 bridgehead atoms. The standard InChI is InChI=1S/C12H22N2O3/c1-4-16-8-6-14(7-9-17-5-2)12(15)11(3)10-13/h11H,4-9H2,1-3H3. The van der Waals surface area contributed by atoms with Crippen molar-refractivity contribution in [3.05, 3.63) is 0 Å². The molecule has 0 saturated carbocycles. The van der Waals surface area contributed by atoms with Crippen LogP contribution in [-0.4, -0.2) is 50.3 Å². The van der Waals surface area contributed by atoms with Crippen LogP contribution in [0.15, 0.2) is 0 Å². The second kappa shape index (κ2) is 10.1. The first-order chi connectivity index (χ1) is 8.17. The molecule has 0 aromatic heterocycles. The molecule has 0 heterocycles. The fraction of sp³-hybridized carbons (Fsp3) is 0.833. The summed E-state index contributed by atoms with van der Waals surface area (Å²) in [5.41, 5.74) is 0. The Bertz CT molecular complexity index is 241. The first-order valence-electron chi connectivity index (χ1n) is 6.01. The van der Waals surface area contributed by atoms with E-state index in [1.54, 1.807) is 11.8 Å². The predicted molar refractivity (Wildman–Crippen MR) is 64.3 cm³/mol. The fourth-order valence-electron chi connectivity index (χ4n) is 1.30. The van der Waals surface area contributed by atoms with Crippen molar-refractivity contribution in [3.63, 3.8) is 0 Å². The summed E-state index contributed by atoms with van der Waals surface area (Å²) in [6, 6.07) is 1.95. The zero-order valence-electron chi connectivity index (χ0n) is 10.9. The van der Waals surface area contributed by atoms with Crippen molar-refractivity contribution >= 4 is 5.91 Å². The Hall–Kier alpha value is -1.12. The van der Waals surface area contributed by atoms with Gasteiger partial charge in [-0.05, 0) is 20.8 Å². The Kier molecular flexibility index (Phi) is 9.40. The van der Waals surface area contributed by atoms with Crippen LogP contribution in [-0.2, 0) is 14.3 Å². The van der Waals surface area contributed by atoms with Crippen LogP contribution < -0.4 is 0 Å². The largest absolute Gasteiger partial charge is 0.380 e. The van der Waals surface area contributed by atoms with Crippen molar-refractivity contribution in [3.8, 4) is 6.07 Å². The molecular weight excluding hydrogens is 220 g/mol. The van der Waals surface area contributed by atoms with Gasteiger partial charge in [0.05, 0.1) is 19.3 Å². The highest BCUT2D eigenvalue weighted by Crippen LogP contribution is 2.01. The van der Waals surface area contributed by atoms with E-state index >= 15 is 0 Å². The average Bonchev–Trinajstić information content (AvgIpc) is 2.35. The summed E-state index contributed by atoms with van der Waals surface area (Å²) < 4.78 is 10.4. The summed E-state index contributed by atoms with van der Waals surface area (Å²) in [6.45, 7) is 8.67. The van der Waals surface area contributed by atoms with E-state index in [9.17, 15) is 4.79 Å². The van der Waals surface area contributed by atoms with Gasteiger partial charge >= 0.3 is 0 Å². The van der Waals surface area contributed by atoms with Gasteiger partial charge < -0.3 is 14.4 Å². The zero-order valence-corrected chi connectivity index (χ0v) is 10.9. The highest BCUT2D eigenvalue weighted by molar-refractivity contribution is 5.80. The van der Waals surface area contributed by atoms with Gasteiger partial charge in [-0.25, -0.2) is 0 Å². The van der Waals surface area contributed by atoms with Gasteiger partial charge in [-0.2, -0.15) is 5.26 Å². The molecule has 0 spiro atoms. The van der Waals surface area contributed by atoms with Crippen molar-refractivity contribution in [1.29, 1.82) is 5.26 Å². The van der Waals surface area contributed by atoms with Crippen LogP contribution in [0.3, 0.4) is 0 Å². The molecule has 0 aliphatic carbocycles. The van der Waals surface area contributed by atoms with Crippen LogP contribution in [0.4, 0.5) is 0 Å². The first kappa shape index (κ1) is 15.9. The van der Waals surface area contributed by atoms with Gasteiger partial charge in [0.25, 0.3) is 0 Å². The van der Waals surface area contributed by atoms with Crippen LogP contribution in [0.2, 0.25) is 0 Å². The molecule has 1 atom stereocenters. The maximum Gasteiger partial charge on any atom is 0.239 e. The lowest BCUT2D eigenvalue weighted by atomic mass is 10.2. The van der Waals surface area contributed by atoms with E-state index in [1.165, 1.54) is 0 Å². The van der Waals surface area contributed by atoms with Gasteiger partial charge in [0.15, 0.2) is 0 Å². The smallest absolute Gasteiger partial charge is 0.239 e. The summed E-state index contributed by atoms with van der Waals surface area (Å²) in [7, 11) is 0. The summed E-state index contributed by atoms with van der Waals surface area (Å²) >= 11 is 0. The summed E-state index contributed by atoms with van der Waals surface area (Å²) in [4.78, 5) is 13.5. The topological polar surface area (TPSA) is 62.6 Å². The third-order valence-corrected chi connectivity index (χ3v) is 2.30. The second-order valence-corrected chi connectivity index (χ2v) is 3.57. The average molecular weight is 242 g/mol. The zero-order chi connectivity index (χ0) is 13.1. The van der Waals surface area contributed by atoms with Crippen molar-refractivity contribution in [2.45, 2.75) is 20.8 Å². The van der Waals surface area contributed by atoms with E-state index in [0.29, 0.717) is 39.5 Å². The van der Waals surface area contributed by atoms with E-state index in [2.05, 4.69) is 0 Å². The molecule has 5 nitrogen and oxygen atoms in total. The second-order valence-electron chi connectivity index (χ2n) is 3.57. The van der Waals surface area contributed by atoms with Crippen LogP contribution in [0.25, 0.3) is 0 Å².